The second kappa shape index (κ2) is 6.11. The minimum atomic E-state index is -1.50. The van der Waals surface area contributed by atoms with Gasteiger partial charge in [-0.2, -0.15) is 0 Å². The van der Waals surface area contributed by atoms with Gasteiger partial charge in [-0.3, -0.25) is 0 Å². The molecule has 6 heteroatoms. The summed E-state index contributed by atoms with van der Waals surface area (Å²) in [4.78, 5) is 21.3. The summed E-state index contributed by atoms with van der Waals surface area (Å²) in [6.45, 7) is 0. The molecule has 0 bridgehead atoms. The van der Waals surface area contributed by atoms with Crippen molar-refractivity contribution in [3.8, 4) is 0 Å². The molecule has 0 aliphatic rings. The topological polar surface area (TPSA) is 93.1 Å². The Labute approximate surface area is 80.7 Å². The van der Waals surface area contributed by atoms with Crippen LogP contribution in [0.2, 0.25) is 0 Å². The molecule has 0 amide bonds. The zero-order valence-corrected chi connectivity index (χ0v) is 7.84. The van der Waals surface area contributed by atoms with Gasteiger partial charge >= 0.3 is 11.9 Å². The van der Waals surface area contributed by atoms with E-state index in [1.807, 2.05) is 0 Å². The van der Waals surface area contributed by atoms with Crippen molar-refractivity contribution < 1.29 is 29.3 Å². The first-order valence-corrected chi connectivity index (χ1v) is 3.73. The molecule has 0 saturated heterocycles. The lowest BCUT2D eigenvalue weighted by Gasteiger charge is -2.04. The fourth-order valence-electron chi connectivity index (χ4n) is 0.609. The fourth-order valence-corrected chi connectivity index (χ4v) is 0.609. The van der Waals surface area contributed by atoms with Crippen molar-refractivity contribution >= 4 is 11.9 Å². The Morgan fingerprint density at radius 1 is 1.00 bits per heavy atom. The van der Waals surface area contributed by atoms with Gasteiger partial charge in [0.1, 0.15) is 0 Å². The molecule has 0 aliphatic heterocycles. The van der Waals surface area contributed by atoms with Crippen LogP contribution in [0, 0.1) is 0 Å². The van der Waals surface area contributed by atoms with E-state index in [0.29, 0.717) is 0 Å². The van der Waals surface area contributed by atoms with Crippen molar-refractivity contribution in [2.45, 2.75) is 12.2 Å². The average Bonchev–Trinajstić information content (AvgIpc) is 2.22. The third-order valence-electron chi connectivity index (χ3n) is 1.36. The summed E-state index contributed by atoms with van der Waals surface area (Å²) in [5.74, 6) is -1.75. The number of carbonyl (C=O) groups excluding carboxylic acids is 2. The molecule has 0 aromatic carbocycles. The van der Waals surface area contributed by atoms with E-state index in [1.165, 1.54) is 0 Å². The maximum atomic E-state index is 10.6. The zero-order chi connectivity index (χ0) is 11.1. The number of carbonyl (C=O) groups is 2. The first-order valence-electron chi connectivity index (χ1n) is 3.73. The minimum absolute atomic E-state index is 0.877. The van der Waals surface area contributed by atoms with Crippen molar-refractivity contribution in [1.29, 1.82) is 0 Å². The van der Waals surface area contributed by atoms with Gasteiger partial charge in [-0.25, -0.2) is 9.59 Å². The van der Waals surface area contributed by atoms with Crippen LogP contribution in [0.15, 0.2) is 12.2 Å². The molecule has 0 rings (SSSR count). The third-order valence-corrected chi connectivity index (χ3v) is 1.36. The monoisotopic (exact) mass is 204 g/mol. The summed E-state index contributed by atoms with van der Waals surface area (Å²) in [6, 6.07) is 0. The summed E-state index contributed by atoms with van der Waals surface area (Å²) in [5.41, 5.74) is 0. The highest BCUT2D eigenvalue weighted by atomic mass is 16.5. The second-order valence-corrected chi connectivity index (χ2v) is 2.32. The van der Waals surface area contributed by atoms with Crippen LogP contribution in [0.3, 0.4) is 0 Å². The first-order chi connectivity index (χ1) is 6.52. The number of esters is 2. The summed E-state index contributed by atoms with van der Waals surface area (Å²) < 4.78 is 8.39. The Morgan fingerprint density at radius 3 is 1.50 bits per heavy atom. The van der Waals surface area contributed by atoms with E-state index >= 15 is 0 Å². The van der Waals surface area contributed by atoms with Crippen LogP contribution in [0.1, 0.15) is 0 Å². The summed E-state index contributed by atoms with van der Waals surface area (Å²) in [5, 5.41) is 18.0. The molecule has 2 atom stereocenters. The molecule has 80 valence electrons. The molecule has 2 unspecified atom stereocenters. The quantitative estimate of drug-likeness (QED) is 0.432. The van der Waals surface area contributed by atoms with Gasteiger partial charge in [0.25, 0.3) is 0 Å². The predicted molar refractivity (Wildman–Crippen MR) is 45.2 cm³/mol. The number of ether oxygens (including phenoxy) is 2. The molecule has 0 fully saturated rings. The Balaban J connectivity index is 4.16. The van der Waals surface area contributed by atoms with Crippen LogP contribution in [0.25, 0.3) is 0 Å². The van der Waals surface area contributed by atoms with Crippen molar-refractivity contribution in [2.75, 3.05) is 14.2 Å². The highest BCUT2D eigenvalue weighted by molar-refractivity contribution is 5.78. The molecule has 0 saturated carbocycles. The van der Waals surface area contributed by atoms with E-state index in [1.54, 1.807) is 0 Å². The number of hydrogen-bond donors (Lipinski definition) is 2. The van der Waals surface area contributed by atoms with Crippen molar-refractivity contribution in [2.24, 2.45) is 0 Å². The SMILES string of the molecule is COC(=O)C(O)C=CC(O)C(=O)OC. The number of rotatable bonds is 4. The van der Waals surface area contributed by atoms with E-state index in [4.69, 9.17) is 10.2 Å². The normalized spacial score (nSPS) is 14.9. The van der Waals surface area contributed by atoms with Crippen LogP contribution in [0.4, 0.5) is 0 Å². The van der Waals surface area contributed by atoms with Gasteiger partial charge in [0, 0.05) is 0 Å². The average molecular weight is 204 g/mol. The largest absolute Gasteiger partial charge is 0.467 e. The number of aliphatic hydroxyl groups excluding tert-OH is 2. The lowest BCUT2D eigenvalue weighted by atomic mass is 10.2. The Hall–Kier alpha value is -1.40. The van der Waals surface area contributed by atoms with E-state index in [0.717, 1.165) is 26.4 Å². The Bertz CT molecular complexity index is 210. The fraction of sp³-hybridized carbons (Fsp3) is 0.500. The number of methoxy groups -OCH3 is 2. The molecule has 0 spiro atoms. The van der Waals surface area contributed by atoms with Crippen molar-refractivity contribution in [3.63, 3.8) is 0 Å². The van der Waals surface area contributed by atoms with Gasteiger partial charge in [-0.1, -0.05) is 0 Å². The number of aliphatic hydroxyl groups is 2. The Morgan fingerprint density at radius 2 is 1.29 bits per heavy atom. The van der Waals surface area contributed by atoms with Crippen LogP contribution in [-0.4, -0.2) is 48.6 Å². The van der Waals surface area contributed by atoms with Crippen molar-refractivity contribution in [3.05, 3.63) is 12.2 Å². The molecular formula is C8H12O6. The standard InChI is InChI=1S/C8H12O6/c1-13-7(11)5(9)3-4-6(10)8(12)14-2/h3-6,9-10H,1-2H3. The highest BCUT2D eigenvalue weighted by Gasteiger charge is 2.15. The summed E-state index contributed by atoms with van der Waals surface area (Å²) in [6.07, 6.45) is -1.13. The molecule has 0 aliphatic carbocycles. The third kappa shape index (κ3) is 4.01. The minimum Gasteiger partial charge on any atom is -0.467 e. The lowest BCUT2D eigenvalue weighted by Crippen LogP contribution is -2.22. The first kappa shape index (κ1) is 12.6. The van der Waals surface area contributed by atoms with Crippen molar-refractivity contribution in [1.82, 2.24) is 0 Å². The zero-order valence-electron chi connectivity index (χ0n) is 7.84. The molecule has 0 aromatic heterocycles. The molecular weight excluding hydrogens is 192 g/mol. The molecule has 6 nitrogen and oxygen atoms in total. The van der Waals surface area contributed by atoms with Gasteiger partial charge in [-0.05, 0) is 12.2 Å². The van der Waals surface area contributed by atoms with Gasteiger partial charge in [0.15, 0.2) is 12.2 Å². The van der Waals surface area contributed by atoms with Crippen LogP contribution in [-0.2, 0) is 19.1 Å². The second-order valence-electron chi connectivity index (χ2n) is 2.32. The molecule has 0 aromatic rings. The lowest BCUT2D eigenvalue weighted by molar-refractivity contribution is -0.149. The van der Waals surface area contributed by atoms with Gasteiger partial charge in [0.05, 0.1) is 14.2 Å². The van der Waals surface area contributed by atoms with E-state index < -0.39 is 24.1 Å². The molecule has 2 N–H and O–H groups in total. The van der Waals surface area contributed by atoms with E-state index in [2.05, 4.69) is 9.47 Å². The molecule has 0 radical (unpaired) electrons. The van der Waals surface area contributed by atoms with Gasteiger partial charge in [-0.15, -0.1) is 0 Å². The van der Waals surface area contributed by atoms with Crippen LogP contribution in [0.5, 0.6) is 0 Å². The summed E-state index contributed by atoms with van der Waals surface area (Å²) >= 11 is 0. The molecule has 0 heterocycles. The van der Waals surface area contributed by atoms with Gasteiger partial charge in [0.2, 0.25) is 0 Å². The Kier molecular flexibility index (Phi) is 5.50. The summed E-state index contributed by atoms with van der Waals surface area (Å²) in [7, 11) is 2.21. The van der Waals surface area contributed by atoms with Gasteiger partial charge < -0.3 is 19.7 Å². The van der Waals surface area contributed by atoms with Crippen LogP contribution < -0.4 is 0 Å². The smallest absolute Gasteiger partial charge is 0.338 e. The maximum Gasteiger partial charge on any atom is 0.338 e. The van der Waals surface area contributed by atoms with E-state index in [9.17, 15) is 9.59 Å². The van der Waals surface area contributed by atoms with E-state index in [-0.39, 0.29) is 0 Å². The molecule has 14 heavy (non-hydrogen) atoms. The predicted octanol–water partition coefficient (Wildman–Crippen LogP) is -1.39. The van der Waals surface area contributed by atoms with Crippen LogP contribution >= 0.6 is 0 Å². The highest BCUT2D eigenvalue weighted by Crippen LogP contribution is 1.94. The maximum absolute atomic E-state index is 10.6. The number of hydrogen-bond acceptors (Lipinski definition) is 6.